The molecule has 0 amide bonds. The zero-order chi connectivity index (χ0) is 23.8. The number of nitrogens with zero attached hydrogens (tertiary/aromatic N) is 1. The monoisotopic (exact) mass is 507 g/mol. The third-order valence-electron chi connectivity index (χ3n) is 4.96. The number of ether oxygens (including phenoxy) is 4. The van der Waals surface area contributed by atoms with Crippen molar-refractivity contribution in [1.29, 1.82) is 5.26 Å². The van der Waals surface area contributed by atoms with E-state index in [4.69, 9.17) is 18.9 Å². The Morgan fingerprint density at radius 3 is 2.30 bits per heavy atom. The van der Waals surface area contributed by atoms with Gasteiger partial charge in [-0.2, -0.15) is 5.26 Å². The molecule has 5 nitrogen and oxygen atoms in total. The van der Waals surface area contributed by atoms with Crippen LogP contribution in [0.5, 0.6) is 23.0 Å². The number of halogens is 1. The molecular weight excluding hydrogens is 482 g/mol. The molecule has 0 saturated carbocycles. The lowest BCUT2D eigenvalue weighted by Gasteiger charge is -2.15. The average molecular weight is 508 g/mol. The Morgan fingerprint density at radius 2 is 1.67 bits per heavy atom. The second-order valence-electron chi connectivity index (χ2n) is 7.28. The van der Waals surface area contributed by atoms with Crippen molar-refractivity contribution in [3.05, 3.63) is 81.3 Å². The molecule has 0 bridgehead atoms. The van der Waals surface area contributed by atoms with E-state index in [0.29, 0.717) is 41.8 Å². The van der Waals surface area contributed by atoms with Gasteiger partial charge in [0.15, 0.2) is 23.0 Å². The van der Waals surface area contributed by atoms with E-state index in [-0.39, 0.29) is 0 Å². The first-order valence-electron chi connectivity index (χ1n) is 10.5. The van der Waals surface area contributed by atoms with Crippen LogP contribution in [0.2, 0.25) is 0 Å². The lowest BCUT2D eigenvalue weighted by molar-refractivity contribution is 0.267. The summed E-state index contributed by atoms with van der Waals surface area (Å²) in [6.45, 7) is 4.88. The number of nitriles is 1. The number of allylic oxidation sites excluding steroid dienone is 1. The van der Waals surface area contributed by atoms with Gasteiger partial charge in [0.1, 0.15) is 6.61 Å². The van der Waals surface area contributed by atoms with E-state index >= 15 is 0 Å². The molecule has 0 radical (unpaired) electrons. The molecule has 0 saturated heterocycles. The highest BCUT2D eigenvalue weighted by Gasteiger charge is 2.14. The Bertz CT molecular complexity index is 1180. The van der Waals surface area contributed by atoms with Gasteiger partial charge in [0.05, 0.1) is 36.9 Å². The van der Waals surface area contributed by atoms with Crippen LogP contribution in [0.15, 0.2) is 59.1 Å². The quantitative estimate of drug-likeness (QED) is 0.235. The minimum Gasteiger partial charge on any atom is -0.493 e. The van der Waals surface area contributed by atoms with Crippen molar-refractivity contribution < 1.29 is 18.9 Å². The maximum atomic E-state index is 9.80. The predicted molar refractivity (Wildman–Crippen MR) is 134 cm³/mol. The number of hydrogen-bond donors (Lipinski definition) is 0. The van der Waals surface area contributed by atoms with Gasteiger partial charge in [-0.25, -0.2) is 0 Å². The summed E-state index contributed by atoms with van der Waals surface area (Å²) in [6.07, 6.45) is 1.80. The molecule has 33 heavy (non-hydrogen) atoms. The molecule has 0 aliphatic rings. The largest absolute Gasteiger partial charge is 0.493 e. The minimum atomic E-state index is 0.420. The van der Waals surface area contributed by atoms with Gasteiger partial charge in [-0.15, -0.1) is 0 Å². The number of hydrogen-bond acceptors (Lipinski definition) is 5. The summed E-state index contributed by atoms with van der Waals surface area (Å²) in [5, 5.41) is 9.80. The van der Waals surface area contributed by atoms with Crippen LogP contribution < -0.4 is 18.9 Å². The van der Waals surface area contributed by atoms with Gasteiger partial charge in [-0.05, 0) is 82.9 Å². The van der Waals surface area contributed by atoms with Crippen molar-refractivity contribution in [3.8, 4) is 29.1 Å². The van der Waals surface area contributed by atoms with E-state index in [1.807, 2.05) is 37.3 Å². The Labute approximate surface area is 203 Å². The zero-order valence-electron chi connectivity index (χ0n) is 19.1. The van der Waals surface area contributed by atoms with E-state index in [1.54, 1.807) is 32.4 Å². The van der Waals surface area contributed by atoms with E-state index in [9.17, 15) is 5.26 Å². The van der Waals surface area contributed by atoms with Crippen molar-refractivity contribution in [2.75, 3.05) is 20.8 Å². The van der Waals surface area contributed by atoms with Crippen molar-refractivity contribution in [2.24, 2.45) is 0 Å². The topological polar surface area (TPSA) is 60.7 Å². The molecule has 0 unspecified atom stereocenters. The second-order valence-corrected chi connectivity index (χ2v) is 8.13. The number of methoxy groups -OCH3 is 2. The molecule has 0 spiro atoms. The van der Waals surface area contributed by atoms with E-state index in [2.05, 4.69) is 41.1 Å². The van der Waals surface area contributed by atoms with E-state index < -0.39 is 0 Å². The van der Waals surface area contributed by atoms with Gasteiger partial charge in [0.2, 0.25) is 0 Å². The number of aryl methyl sites for hydroxylation is 1. The lowest BCUT2D eigenvalue weighted by Crippen LogP contribution is -2.01. The molecule has 0 heterocycles. The predicted octanol–water partition coefficient (Wildman–Crippen LogP) is 6.82. The first-order valence-corrected chi connectivity index (χ1v) is 11.3. The highest BCUT2D eigenvalue weighted by atomic mass is 79.9. The Morgan fingerprint density at radius 1 is 0.939 bits per heavy atom. The number of rotatable bonds is 9. The maximum Gasteiger partial charge on any atom is 0.175 e. The van der Waals surface area contributed by atoms with Gasteiger partial charge in [-0.3, -0.25) is 0 Å². The highest BCUT2D eigenvalue weighted by molar-refractivity contribution is 9.10. The summed E-state index contributed by atoms with van der Waals surface area (Å²) in [7, 11) is 3.14. The fraction of sp³-hybridized carbons (Fsp3) is 0.222. The molecule has 0 atom stereocenters. The molecule has 3 aromatic carbocycles. The van der Waals surface area contributed by atoms with E-state index in [0.717, 1.165) is 21.2 Å². The Kier molecular flexibility index (Phi) is 8.39. The highest BCUT2D eigenvalue weighted by Crippen LogP contribution is 2.39. The van der Waals surface area contributed by atoms with Crippen LogP contribution in [-0.2, 0) is 6.61 Å². The average Bonchev–Trinajstić information content (AvgIpc) is 2.82. The molecule has 0 aliphatic carbocycles. The first kappa shape index (κ1) is 24.2. The fourth-order valence-electron chi connectivity index (χ4n) is 3.26. The van der Waals surface area contributed by atoms with Crippen LogP contribution in [-0.4, -0.2) is 20.8 Å². The Balaban J connectivity index is 1.93. The van der Waals surface area contributed by atoms with E-state index in [1.165, 1.54) is 5.56 Å². The number of benzene rings is 3. The summed E-state index contributed by atoms with van der Waals surface area (Å²) >= 11 is 3.61. The summed E-state index contributed by atoms with van der Waals surface area (Å²) in [6, 6.07) is 19.6. The molecule has 0 N–H and O–H groups in total. The normalized spacial score (nSPS) is 11.0. The summed E-state index contributed by atoms with van der Waals surface area (Å²) in [5.74, 6) is 2.40. The van der Waals surface area contributed by atoms with Crippen LogP contribution in [0.1, 0.15) is 29.2 Å². The van der Waals surface area contributed by atoms with Crippen LogP contribution in [0, 0.1) is 18.3 Å². The molecule has 3 rings (SSSR count). The van der Waals surface area contributed by atoms with Gasteiger partial charge in [0, 0.05) is 0 Å². The summed E-state index contributed by atoms with van der Waals surface area (Å²) in [5.41, 5.74) is 4.29. The fourth-order valence-corrected chi connectivity index (χ4v) is 3.84. The zero-order valence-corrected chi connectivity index (χ0v) is 20.7. The van der Waals surface area contributed by atoms with Crippen molar-refractivity contribution >= 4 is 27.6 Å². The molecule has 6 heteroatoms. The van der Waals surface area contributed by atoms with Crippen LogP contribution in [0.25, 0.3) is 11.6 Å². The summed E-state index contributed by atoms with van der Waals surface area (Å²) < 4.78 is 23.3. The van der Waals surface area contributed by atoms with Gasteiger partial charge in [-0.1, -0.05) is 29.8 Å². The van der Waals surface area contributed by atoms with Crippen LogP contribution in [0.3, 0.4) is 0 Å². The van der Waals surface area contributed by atoms with Crippen molar-refractivity contribution in [1.82, 2.24) is 0 Å². The molecule has 3 aromatic rings. The molecule has 0 aliphatic heterocycles. The first-order chi connectivity index (χ1) is 16.0. The van der Waals surface area contributed by atoms with Crippen molar-refractivity contribution in [2.45, 2.75) is 20.5 Å². The summed E-state index contributed by atoms with van der Waals surface area (Å²) in [4.78, 5) is 0. The minimum absolute atomic E-state index is 0.420. The maximum absolute atomic E-state index is 9.80. The molecule has 0 aromatic heterocycles. The second kappa shape index (κ2) is 11.4. The van der Waals surface area contributed by atoms with Crippen LogP contribution >= 0.6 is 15.9 Å². The van der Waals surface area contributed by atoms with Crippen molar-refractivity contribution in [3.63, 3.8) is 0 Å². The van der Waals surface area contributed by atoms with Gasteiger partial charge in [0.25, 0.3) is 0 Å². The Hall–Kier alpha value is -3.43. The SMILES string of the molecule is CCOc1cc(/C=C(\C#N)c2ccc(OC)c(OC)c2)cc(Br)c1OCc1ccc(C)cc1. The van der Waals surface area contributed by atoms with Gasteiger partial charge < -0.3 is 18.9 Å². The third-order valence-corrected chi connectivity index (χ3v) is 5.55. The smallest absolute Gasteiger partial charge is 0.175 e. The molecular formula is C27H26BrNO4. The lowest BCUT2D eigenvalue weighted by atomic mass is 10.0. The molecule has 0 fully saturated rings. The van der Waals surface area contributed by atoms with Crippen LogP contribution in [0.4, 0.5) is 0 Å². The third kappa shape index (κ3) is 6.09. The molecule has 170 valence electrons. The van der Waals surface area contributed by atoms with Gasteiger partial charge >= 0.3 is 0 Å². The standard InChI is InChI=1S/C27H26BrNO4/c1-5-32-26-14-20(12-22(16-29)21-10-11-24(30-3)25(15-21)31-4)13-23(28)27(26)33-17-19-8-6-18(2)7-9-19/h6-15H,5,17H2,1-4H3/b22-12+.